The summed E-state index contributed by atoms with van der Waals surface area (Å²) in [5.41, 5.74) is 2.81. The smallest absolute Gasteiger partial charge is 0.230 e. The van der Waals surface area contributed by atoms with Gasteiger partial charge in [-0.1, -0.05) is 32.9 Å². The Morgan fingerprint density at radius 3 is 2.61 bits per heavy atom. The van der Waals surface area contributed by atoms with Gasteiger partial charge in [0.05, 0.1) is 17.3 Å². The molecule has 28 heavy (non-hydrogen) atoms. The average Bonchev–Trinajstić information content (AvgIpc) is 3.24. The van der Waals surface area contributed by atoms with Gasteiger partial charge in [-0.25, -0.2) is 4.68 Å². The number of carbonyl (C=O) groups is 2. The lowest BCUT2D eigenvalue weighted by atomic mass is 9.92. The van der Waals surface area contributed by atoms with Crippen molar-refractivity contribution in [2.45, 2.75) is 58.4 Å². The van der Waals surface area contributed by atoms with Crippen molar-refractivity contribution in [1.82, 2.24) is 14.7 Å². The zero-order valence-corrected chi connectivity index (χ0v) is 17.0. The molecule has 2 amide bonds. The van der Waals surface area contributed by atoms with Crippen LogP contribution in [-0.2, 0) is 15.0 Å². The highest BCUT2D eigenvalue weighted by Crippen LogP contribution is 2.33. The lowest BCUT2D eigenvalue weighted by molar-refractivity contribution is -0.128. The molecule has 4 rings (SSSR count). The number of nitrogens with zero attached hydrogens (tertiary/aromatic N) is 3. The van der Waals surface area contributed by atoms with Gasteiger partial charge in [0, 0.05) is 30.5 Å². The van der Waals surface area contributed by atoms with Gasteiger partial charge in [0.25, 0.3) is 0 Å². The maximum Gasteiger partial charge on any atom is 0.230 e. The number of aryl methyl sites for hydroxylation is 1. The minimum absolute atomic E-state index is 0.102. The van der Waals surface area contributed by atoms with Crippen molar-refractivity contribution in [3.8, 4) is 5.69 Å². The van der Waals surface area contributed by atoms with Gasteiger partial charge in [0.15, 0.2) is 0 Å². The summed E-state index contributed by atoms with van der Waals surface area (Å²) in [5.74, 6) is 0.348. The van der Waals surface area contributed by atoms with E-state index in [2.05, 4.69) is 26.1 Å². The van der Waals surface area contributed by atoms with Crippen LogP contribution in [0.25, 0.3) is 5.69 Å². The summed E-state index contributed by atoms with van der Waals surface area (Å²) in [6.07, 6.45) is 2.43. The minimum atomic E-state index is -0.299. The van der Waals surface area contributed by atoms with Crippen molar-refractivity contribution < 1.29 is 9.59 Å². The normalized spacial score (nSPS) is 19.9. The first kappa shape index (κ1) is 18.7. The van der Waals surface area contributed by atoms with Crippen LogP contribution in [-0.4, -0.2) is 39.1 Å². The molecule has 1 unspecified atom stereocenters. The highest BCUT2D eigenvalue weighted by atomic mass is 16.2. The van der Waals surface area contributed by atoms with Crippen molar-refractivity contribution in [1.29, 1.82) is 0 Å². The largest absolute Gasteiger partial charge is 0.339 e. The number of rotatable bonds is 4. The maximum atomic E-state index is 12.9. The fourth-order valence-electron chi connectivity index (χ4n) is 3.67. The second-order valence-corrected chi connectivity index (χ2v) is 9.08. The van der Waals surface area contributed by atoms with E-state index in [1.54, 1.807) is 4.68 Å². The number of hydrogen-bond donors (Lipinski definition) is 1. The summed E-state index contributed by atoms with van der Waals surface area (Å²) in [7, 11) is 0. The fourth-order valence-corrected chi connectivity index (χ4v) is 3.67. The third-order valence-corrected chi connectivity index (χ3v) is 5.49. The Morgan fingerprint density at radius 1 is 1.21 bits per heavy atom. The highest BCUT2D eigenvalue weighted by molar-refractivity contribution is 5.97. The Hall–Kier alpha value is -2.63. The summed E-state index contributed by atoms with van der Waals surface area (Å²) in [4.78, 5) is 27.0. The van der Waals surface area contributed by atoms with Crippen LogP contribution in [0.5, 0.6) is 0 Å². The number of likely N-dealkylation sites (tertiary alicyclic amines) is 1. The van der Waals surface area contributed by atoms with Crippen molar-refractivity contribution in [2.75, 3.05) is 11.9 Å². The van der Waals surface area contributed by atoms with Gasteiger partial charge in [-0.3, -0.25) is 9.59 Å². The predicted octanol–water partition coefficient (Wildman–Crippen LogP) is 3.43. The molecule has 0 spiro atoms. The molecule has 0 bridgehead atoms. The summed E-state index contributed by atoms with van der Waals surface area (Å²) in [6, 6.07) is 10.3. The van der Waals surface area contributed by atoms with Crippen LogP contribution in [0.1, 0.15) is 51.3 Å². The molecule has 2 heterocycles. The molecule has 1 aliphatic carbocycles. The van der Waals surface area contributed by atoms with Crippen LogP contribution in [0.2, 0.25) is 0 Å². The molecule has 1 saturated carbocycles. The minimum Gasteiger partial charge on any atom is -0.339 e. The first-order valence-electron chi connectivity index (χ1n) is 10.0. The second kappa shape index (κ2) is 6.76. The van der Waals surface area contributed by atoms with E-state index >= 15 is 0 Å². The molecule has 2 fully saturated rings. The summed E-state index contributed by atoms with van der Waals surface area (Å²) in [5, 5.41) is 7.81. The van der Waals surface area contributed by atoms with Crippen molar-refractivity contribution in [3.63, 3.8) is 0 Å². The van der Waals surface area contributed by atoms with Crippen LogP contribution in [0, 0.1) is 12.8 Å². The van der Waals surface area contributed by atoms with Crippen LogP contribution < -0.4 is 5.32 Å². The number of hydrogen-bond acceptors (Lipinski definition) is 3. The lowest BCUT2D eigenvalue weighted by Gasteiger charge is -2.15. The Labute approximate surface area is 165 Å². The van der Waals surface area contributed by atoms with Crippen LogP contribution >= 0.6 is 0 Å². The highest BCUT2D eigenvalue weighted by Gasteiger charge is 2.42. The third kappa shape index (κ3) is 3.68. The third-order valence-electron chi connectivity index (χ3n) is 5.49. The molecule has 148 valence electrons. The molecule has 1 N–H and O–H groups in total. The molecule has 6 heteroatoms. The van der Waals surface area contributed by atoms with E-state index in [0.717, 1.165) is 29.8 Å². The van der Waals surface area contributed by atoms with Gasteiger partial charge in [0.2, 0.25) is 11.8 Å². The number of benzene rings is 1. The van der Waals surface area contributed by atoms with Gasteiger partial charge in [-0.2, -0.15) is 5.10 Å². The Morgan fingerprint density at radius 2 is 1.96 bits per heavy atom. The number of anilines is 1. The fraction of sp³-hybridized carbons (Fsp3) is 0.500. The summed E-state index contributed by atoms with van der Waals surface area (Å²) < 4.78 is 1.79. The molecule has 1 saturated heterocycles. The van der Waals surface area contributed by atoms with E-state index in [4.69, 9.17) is 5.10 Å². The predicted molar refractivity (Wildman–Crippen MR) is 108 cm³/mol. The molecule has 1 aliphatic heterocycles. The van der Waals surface area contributed by atoms with Gasteiger partial charge < -0.3 is 10.2 Å². The van der Waals surface area contributed by atoms with E-state index in [0.29, 0.717) is 24.8 Å². The molecule has 2 aromatic rings. The second-order valence-electron chi connectivity index (χ2n) is 9.08. The standard InChI is InChI=1S/C22H28N4O2/c1-14-6-5-7-17(10-14)26-19(12-18(24-26)22(2,3)4)23-21(28)15-11-20(27)25(13-15)16-8-9-16/h5-7,10,12,15-16H,8-9,11,13H2,1-4H3,(H,23,28). The molecular weight excluding hydrogens is 352 g/mol. The molecule has 2 aliphatic rings. The summed E-state index contributed by atoms with van der Waals surface area (Å²) >= 11 is 0. The molecule has 1 aromatic heterocycles. The quantitative estimate of drug-likeness (QED) is 0.884. The van der Waals surface area contributed by atoms with Crippen LogP contribution in [0.15, 0.2) is 30.3 Å². The number of carbonyl (C=O) groups excluding carboxylic acids is 2. The van der Waals surface area contributed by atoms with Gasteiger partial charge in [-0.15, -0.1) is 0 Å². The molecule has 1 aromatic carbocycles. The van der Waals surface area contributed by atoms with E-state index in [9.17, 15) is 9.59 Å². The number of amides is 2. The van der Waals surface area contributed by atoms with E-state index in [-0.39, 0.29) is 23.1 Å². The average molecular weight is 380 g/mol. The van der Waals surface area contributed by atoms with Crippen molar-refractivity contribution >= 4 is 17.6 Å². The Bertz CT molecular complexity index is 921. The zero-order chi connectivity index (χ0) is 20.1. The monoisotopic (exact) mass is 380 g/mol. The van der Waals surface area contributed by atoms with Gasteiger partial charge in [0.1, 0.15) is 5.82 Å². The van der Waals surface area contributed by atoms with E-state index in [1.165, 1.54) is 0 Å². The SMILES string of the molecule is Cc1cccc(-n2nc(C(C)(C)C)cc2NC(=O)C2CC(=O)N(C3CC3)C2)c1. The van der Waals surface area contributed by atoms with Gasteiger partial charge in [-0.05, 0) is 37.5 Å². The number of aromatic nitrogens is 2. The Kier molecular flexibility index (Phi) is 4.52. The first-order chi connectivity index (χ1) is 13.2. The first-order valence-corrected chi connectivity index (χ1v) is 10.0. The molecule has 6 nitrogen and oxygen atoms in total. The van der Waals surface area contributed by atoms with Crippen LogP contribution in [0.3, 0.4) is 0 Å². The Balaban J connectivity index is 1.60. The van der Waals surface area contributed by atoms with Crippen LogP contribution in [0.4, 0.5) is 5.82 Å². The zero-order valence-electron chi connectivity index (χ0n) is 17.0. The lowest BCUT2D eigenvalue weighted by Crippen LogP contribution is -2.30. The summed E-state index contributed by atoms with van der Waals surface area (Å²) in [6.45, 7) is 8.87. The molecule has 1 atom stereocenters. The number of nitrogens with one attached hydrogen (secondary N) is 1. The van der Waals surface area contributed by atoms with Crippen molar-refractivity contribution in [2.24, 2.45) is 5.92 Å². The van der Waals surface area contributed by atoms with E-state index in [1.807, 2.05) is 42.2 Å². The van der Waals surface area contributed by atoms with Gasteiger partial charge >= 0.3 is 0 Å². The molecular formula is C22H28N4O2. The van der Waals surface area contributed by atoms with E-state index < -0.39 is 0 Å². The maximum absolute atomic E-state index is 12.9. The molecule has 0 radical (unpaired) electrons. The topological polar surface area (TPSA) is 67.2 Å². The van der Waals surface area contributed by atoms with Crippen molar-refractivity contribution in [3.05, 3.63) is 41.6 Å².